The Morgan fingerprint density at radius 3 is 2.33 bits per heavy atom. The van der Waals surface area contributed by atoms with Crippen molar-refractivity contribution in [3.8, 4) is 6.01 Å². The van der Waals surface area contributed by atoms with Crippen molar-refractivity contribution < 1.29 is 31.4 Å². The number of hydrogen-bond acceptors (Lipinski definition) is 9. The molecule has 0 bridgehead atoms. The van der Waals surface area contributed by atoms with Crippen LogP contribution < -0.4 is 31.7 Å². The van der Waals surface area contributed by atoms with Gasteiger partial charge >= 0.3 is 12.2 Å². The lowest BCUT2D eigenvalue weighted by Gasteiger charge is -2.20. The number of aryl methyl sites for hydroxylation is 1. The van der Waals surface area contributed by atoms with Crippen molar-refractivity contribution in [2.45, 2.75) is 125 Å². The van der Waals surface area contributed by atoms with Crippen LogP contribution in [-0.4, -0.2) is 77.5 Å². The fraction of sp³-hybridized carbons (Fsp3) is 0.649. The third-order valence-electron chi connectivity index (χ3n) is 8.60. The molecule has 4 N–H and O–H groups in total. The van der Waals surface area contributed by atoms with Crippen molar-refractivity contribution in [2.75, 3.05) is 44.3 Å². The highest BCUT2D eigenvalue weighted by Gasteiger charge is 2.39. The summed E-state index contributed by atoms with van der Waals surface area (Å²) < 4.78 is 82.3. The number of ether oxygens (including phenoxy) is 2. The van der Waals surface area contributed by atoms with Crippen LogP contribution in [-0.2, 0) is 10.9 Å². The van der Waals surface area contributed by atoms with Gasteiger partial charge in [-0.05, 0) is 79.0 Å². The van der Waals surface area contributed by atoms with Crippen LogP contribution >= 0.6 is 0 Å². The van der Waals surface area contributed by atoms with E-state index in [0.717, 1.165) is 19.9 Å². The number of methoxy groups -OCH3 is 1. The van der Waals surface area contributed by atoms with Crippen molar-refractivity contribution in [1.29, 1.82) is 0 Å². The van der Waals surface area contributed by atoms with E-state index >= 15 is 4.39 Å². The van der Waals surface area contributed by atoms with E-state index in [2.05, 4.69) is 50.9 Å². The summed E-state index contributed by atoms with van der Waals surface area (Å²) in [6.07, 6.45) is -0.334. The second-order valence-corrected chi connectivity index (χ2v) is 12.9. The molecule has 3 aliphatic rings. The molecule has 14 heteroatoms. The number of rotatable bonds is 3. The van der Waals surface area contributed by atoms with Gasteiger partial charge in [0.2, 0.25) is 0 Å². The maximum atomic E-state index is 16.3. The number of allylic oxidation sites excluding steroid dienone is 1. The molecule has 4 unspecified atom stereocenters. The van der Waals surface area contributed by atoms with E-state index in [4.69, 9.17) is 15.2 Å². The number of aromatic nitrogens is 3. The average molecular weight is 728 g/mol. The third-order valence-corrected chi connectivity index (χ3v) is 8.60. The Labute approximate surface area is 300 Å². The summed E-state index contributed by atoms with van der Waals surface area (Å²) >= 11 is 0. The second kappa shape index (κ2) is 19.9. The van der Waals surface area contributed by atoms with Gasteiger partial charge in [-0.3, -0.25) is 4.90 Å². The standard InChI is InChI=1S/C25H32F4N6O2.C7H12FN.C3H8.C2H6/c1-11-10-32-23-18(16(6)37-12(2)8-9-31-11)21(34-24(35-23)36-7)20(26)13(3)17-14(4)22(30)33-15(5)19(17)25(27,28)29;8-6-4-7-2-1-3-9(7)5-6;1-3-2;1-2/h11-12,31H,3,8-10H2,1-2,4-7H3,(H2,30,33)(H,32,34,35);6-7H,1-5H2;3H2,1-2H3;1-2H3/b18-16-,21-20-;;;. The molecule has 0 saturated carbocycles. The van der Waals surface area contributed by atoms with Crippen LogP contribution in [0.1, 0.15) is 103 Å². The minimum atomic E-state index is -4.83. The molecular weight excluding hydrogens is 669 g/mol. The molecule has 0 amide bonds. The molecule has 0 spiro atoms. The quantitative estimate of drug-likeness (QED) is 0.293. The van der Waals surface area contributed by atoms with Gasteiger partial charge in [-0.15, -0.1) is 0 Å². The Morgan fingerprint density at radius 2 is 1.75 bits per heavy atom. The summed E-state index contributed by atoms with van der Waals surface area (Å²) in [6, 6.07) is 0.463. The van der Waals surface area contributed by atoms with E-state index in [-0.39, 0.29) is 51.6 Å². The Hall–Kier alpha value is -3.52. The number of nitrogens with two attached hydrogens (primary N) is 1. The number of pyridine rings is 1. The van der Waals surface area contributed by atoms with Gasteiger partial charge in [0.05, 0.1) is 29.7 Å². The molecule has 3 aliphatic heterocycles. The lowest BCUT2D eigenvalue weighted by molar-refractivity contribution is -0.138. The largest absolute Gasteiger partial charge is 0.494 e. The van der Waals surface area contributed by atoms with E-state index in [1.807, 2.05) is 27.7 Å². The molecular formula is C37H58F5N7O2. The predicted octanol–water partition coefficient (Wildman–Crippen LogP) is 6.85. The minimum absolute atomic E-state index is 0.0337. The van der Waals surface area contributed by atoms with E-state index in [1.165, 1.54) is 33.3 Å². The fourth-order valence-electron chi connectivity index (χ4n) is 6.25. The molecule has 2 aromatic heterocycles. The van der Waals surface area contributed by atoms with E-state index in [1.54, 1.807) is 6.92 Å². The lowest BCUT2D eigenvalue weighted by Crippen LogP contribution is -2.39. The summed E-state index contributed by atoms with van der Waals surface area (Å²) in [5.41, 5.74) is 3.28. The van der Waals surface area contributed by atoms with Crippen molar-refractivity contribution >= 4 is 28.8 Å². The SMILES string of the molecule is C=C(/C(F)=c1/nc(OC)nc2/c1=C(/C)OC(C)CCNC(C)CN2)c1c(C)c(N)nc(C)c1C(F)(F)F.CC.CCC.FC1CC2CCCN2C1. The van der Waals surface area contributed by atoms with E-state index in [9.17, 15) is 17.6 Å². The van der Waals surface area contributed by atoms with Gasteiger partial charge < -0.3 is 25.8 Å². The van der Waals surface area contributed by atoms with Crippen LogP contribution in [0.4, 0.5) is 33.6 Å². The normalized spacial score (nSPS) is 23.5. The summed E-state index contributed by atoms with van der Waals surface area (Å²) in [5.74, 6) is -0.752. The Kier molecular flexibility index (Phi) is 17.0. The highest BCUT2D eigenvalue weighted by molar-refractivity contribution is 5.95. The van der Waals surface area contributed by atoms with E-state index in [0.29, 0.717) is 37.9 Å². The van der Waals surface area contributed by atoms with Gasteiger partial charge in [0.25, 0.3) is 0 Å². The molecule has 2 aromatic rings. The monoisotopic (exact) mass is 727 g/mol. The first-order valence-corrected chi connectivity index (χ1v) is 17.9. The van der Waals surface area contributed by atoms with E-state index < -0.39 is 34.9 Å². The molecule has 0 radical (unpaired) electrons. The zero-order chi connectivity index (χ0) is 38.6. The molecule has 4 atom stereocenters. The van der Waals surface area contributed by atoms with Crippen LogP contribution in [0.25, 0.3) is 17.2 Å². The predicted molar refractivity (Wildman–Crippen MR) is 196 cm³/mol. The van der Waals surface area contributed by atoms with Gasteiger partial charge in [-0.1, -0.05) is 40.7 Å². The molecule has 5 rings (SSSR count). The first kappa shape index (κ1) is 43.6. The van der Waals surface area contributed by atoms with Crippen LogP contribution in [0.3, 0.4) is 0 Å². The average Bonchev–Trinajstić information content (AvgIpc) is 3.65. The van der Waals surface area contributed by atoms with Gasteiger partial charge in [0, 0.05) is 36.3 Å². The maximum absolute atomic E-state index is 16.3. The number of fused-ring (bicyclic) bond motifs is 2. The molecule has 9 nitrogen and oxygen atoms in total. The van der Waals surface area contributed by atoms with Crippen molar-refractivity contribution in [3.05, 3.63) is 39.5 Å². The summed E-state index contributed by atoms with van der Waals surface area (Å²) in [5, 5.41) is 6.35. The number of anilines is 2. The summed E-state index contributed by atoms with van der Waals surface area (Å²) in [4.78, 5) is 14.6. The molecule has 2 fully saturated rings. The molecule has 0 aromatic carbocycles. The Balaban J connectivity index is 0.000000535. The maximum Gasteiger partial charge on any atom is 0.418 e. The van der Waals surface area contributed by atoms with Gasteiger partial charge in [-0.2, -0.15) is 23.1 Å². The second-order valence-electron chi connectivity index (χ2n) is 12.9. The number of nitrogen functional groups attached to an aromatic ring is 1. The Bertz CT molecular complexity index is 1570. The van der Waals surface area contributed by atoms with Crippen LogP contribution in [0.15, 0.2) is 6.58 Å². The summed E-state index contributed by atoms with van der Waals surface area (Å²) in [6.45, 7) is 22.9. The van der Waals surface area contributed by atoms with Gasteiger partial charge in [0.15, 0.2) is 5.83 Å². The highest BCUT2D eigenvalue weighted by Crippen LogP contribution is 2.41. The lowest BCUT2D eigenvalue weighted by atomic mass is 9.93. The molecule has 2 saturated heterocycles. The topological polar surface area (TPSA) is 110 Å². The summed E-state index contributed by atoms with van der Waals surface area (Å²) in [7, 11) is 1.31. The van der Waals surface area contributed by atoms with Crippen molar-refractivity contribution in [3.63, 3.8) is 0 Å². The number of nitrogens with zero attached hydrogens (tertiary/aromatic N) is 4. The smallest absolute Gasteiger partial charge is 0.418 e. The van der Waals surface area contributed by atoms with Crippen LogP contribution in [0, 0.1) is 13.8 Å². The minimum Gasteiger partial charge on any atom is -0.494 e. The zero-order valence-electron chi connectivity index (χ0n) is 32.0. The van der Waals surface area contributed by atoms with Crippen LogP contribution in [0.2, 0.25) is 0 Å². The number of hydrogen-bond donors (Lipinski definition) is 3. The molecule has 5 heterocycles. The third kappa shape index (κ3) is 11.5. The number of alkyl halides is 4. The Morgan fingerprint density at radius 1 is 1.10 bits per heavy atom. The fourth-order valence-corrected chi connectivity index (χ4v) is 6.25. The first-order valence-electron chi connectivity index (χ1n) is 17.9. The molecule has 0 aliphatic carbocycles. The zero-order valence-corrected chi connectivity index (χ0v) is 32.0. The van der Waals surface area contributed by atoms with Crippen molar-refractivity contribution in [2.24, 2.45) is 0 Å². The number of nitrogens with one attached hydrogen (secondary N) is 2. The molecule has 51 heavy (non-hydrogen) atoms. The highest BCUT2D eigenvalue weighted by atomic mass is 19.4. The van der Waals surface area contributed by atoms with Gasteiger partial charge in [0.1, 0.15) is 28.9 Å². The first-order chi connectivity index (χ1) is 24.0. The van der Waals surface area contributed by atoms with Crippen molar-refractivity contribution in [1.82, 2.24) is 25.2 Å². The molecule has 288 valence electrons. The van der Waals surface area contributed by atoms with Gasteiger partial charge in [-0.25, -0.2) is 13.8 Å². The van der Waals surface area contributed by atoms with Crippen LogP contribution in [0.5, 0.6) is 6.01 Å². The number of halogens is 5.